The van der Waals surface area contributed by atoms with Gasteiger partial charge in [0, 0.05) is 26.0 Å². The SMILES string of the molecule is CCc1c(C)nc2ccccc2c1NCC(=O)Nc1ccc(I)cc1. The smallest absolute Gasteiger partial charge is 0.243 e. The molecule has 0 saturated heterocycles. The summed E-state index contributed by atoms with van der Waals surface area (Å²) in [6.07, 6.45) is 0.866. The summed E-state index contributed by atoms with van der Waals surface area (Å²) in [5.41, 5.74) is 4.90. The molecule has 128 valence electrons. The van der Waals surface area contributed by atoms with Crippen molar-refractivity contribution in [2.45, 2.75) is 20.3 Å². The summed E-state index contributed by atoms with van der Waals surface area (Å²) >= 11 is 2.24. The van der Waals surface area contributed by atoms with Gasteiger partial charge in [0.2, 0.25) is 5.91 Å². The minimum absolute atomic E-state index is 0.0678. The quantitative estimate of drug-likeness (QED) is 0.557. The summed E-state index contributed by atoms with van der Waals surface area (Å²) in [5.74, 6) is -0.0678. The first-order chi connectivity index (χ1) is 12.1. The van der Waals surface area contributed by atoms with Crippen LogP contribution < -0.4 is 10.6 Å². The molecule has 1 heterocycles. The zero-order valence-electron chi connectivity index (χ0n) is 14.3. The van der Waals surface area contributed by atoms with E-state index < -0.39 is 0 Å². The van der Waals surface area contributed by atoms with Crippen LogP contribution in [0.2, 0.25) is 0 Å². The van der Waals surface area contributed by atoms with Crippen LogP contribution >= 0.6 is 22.6 Å². The number of aryl methyl sites for hydroxylation is 1. The van der Waals surface area contributed by atoms with Crippen LogP contribution in [0.15, 0.2) is 48.5 Å². The molecule has 0 fully saturated rings. The Morgan fingerprint density at radius 2 is 1.84 bits per heavy atom. The lowest BCUT2D eigenvalue weighted by molar-refractivity contribution is -0.114. The zero-order valence-corrected chi connectivity index (χ0v) is 16.4. The molecule has 5 heteroatoms. The monoisotopic (exact) mass is 445 g/mol. The third-order valence-corrected chi connectivity index (χ3v) is 4.83. The Morgan fingerprint density at radius 1 is 1.12 bits per heavy atom. The first-order valence-corrected chi connectivity index (χ1v) is 9.34. The Labute approximate surface area is 161 Å². The van der Waals surface area contributed by atoms with Crippen molar-refractivity contribution in [3.05, 3.63) is 63.4 Å². The van der Waals surface area contributed by atoms with Crippen molar-refractivity contribution in [3.8, 4) is 0 Å². The highest BCUT2D eigenvalue weighted by Gasteiger charge is 2.12. The molecule has 1 amide bonds. The summed E-state index contributed by atoms with van der Waals surface area (Å²) in [6, 6.07) is 15.8. The van der Waals surface area contributed by atoms with E-state index in [0.717, 1.165) is 43.5 Å². The van der Waals surface area contributed by atoms with E-state index in [-0.39, 0.29) is 12.5 Å². The number of hydrogen-bond acceptors (Lipinski definition) is 3. The van der Waals surface area contributed by atoms with Crippen LogP contribution in [0.25, 0.3) is 10.9 Å². The molecule has 3 aromatic rings. The van der Waals surface area contributed by atoms with Gasteiger partial charge in [-0.3, -0.25) is 9.78 Å². The van der Waals surface area contributed by atoms with Crippen molar-refractivity contribution in [3.63, 3.8) is 0 Å². The number of amides is 1. The third kappa shape index (κ3) is 4.10. The molecule has 25 heavy (non-hydrogen) atoms. The predicted molar refractivity (Wildman–Crippen MR) is 112 cm³/mol. The molecule has 3 rings (SSSR count). The fraction of sp³-hybridized carbons (Fsp3) is 0.200. The molecular formula is C20H20IN3O. The number of hydrogen-bond donors (Lipinski definition) is 2. The highest BCUT2D eigenvalue weighted by atomic mass is 127. The van der Waals surface area contributed by atoms with Crippen LogP contribution in [0.4, 0.5) is 11.4 Å². The number of benzene rings is 2. The fourth-order valence-electron chi connectivity index (χ4n) is 2.92. The van der Waals surface area contributed by atoms with Crippen LogP contribution in [-0.2, 0) is 11.2 Å². The van der Waals surface area contributed by atoms with Crippen molar-refractivity contribution < 1.29 is 4.79 Å². The van der Waals surface area contributed by atoms with Gasteiger partial charge in [0.15, 0.2) is 0 Å². The van der Waals surface area contributed by atoms with Gasteiger partial charge in [-0.2, -0.15) is 0 Å². The maximum atomic E-state index is 12.3. The lowest BCUT2D eigenvalue weighted by Crippen LogP contribution is -2.22. The Morgan fingerprint density at radius 3 is 2.56 bits per heavy atom. The number of nitrogens with zero attached hydrogens (tertiary/aromatic N) is 1. The highest BCUT2D eigenvalue weighted by molar-refractivity contribution is 14.1. The van der Waals surface area contributed by atoms with Crippen molar-refractivity contribution in [1.29, 1.82) is 0 Å². The van der Waals surface area contributed by atoms with Gasteiger partial charge in [0.1, 0.15) is 0 Å². The molecule has 0 spiro atoms. The van der Waals surface area contributed by atoms with Gasteiger partial charge in [-0.25, -0.2) is 0 Å². The van der Waals surface area contributed by atoms with Crippen LogP contribution in [0.3, 0.4) is 0 Å². The van der Waals surface area contributed by atoms with Gasteiger partial charge < -0.3 is 10.6 Å². The lowest BCUT2D eigenvalue weighted by Gasteiger charge is -2.16. The molecule has 0 saturated carbocycles. The van der Waals surface area contributed by atoms with Crippen molar-refractivity contribution in [2.24, 2.45) is 0 Å². The summed E-state index contributed by atoms with van der Waals surface area (Å²) in [7, 11) is 0. The largest absolute Gasteiger partial charge is 0.375 e. The Kier molecular flexibility index (Phi) is 5.53. The average molecular weight is 445 g/mol. The third-order valence-electron chi connectivity index (χ3n) is 4.11. The van der Waals surface area contributed by atoms with Crippen LogP contribution in [-0.4, -0.2) is 17.4 Å². The highest BCUT2D eigenvalue weighted by Crippen LogP contribution is 2.28. The molecule has 0 radical (unpaired) electrons. The normalized spacial score (nSPS) is 10.7. The van der Waals surface area contributed by atoms with Gasteiger partial charge >= 0.3 is 0 Å². The molecule has 4 nitrogen and oxygen atoms in total. The molecule has 0 aliphatic rings. The fourth-order valence-corrected chi connectivity index (χ4v) is 3.28. The molecule has 1 aromatic heterocycles. The van der Waals surface area contributed by atoms with Crippen LogP contribution in [0.1, 0.15) is 18.2 Å². The van der Waals surface area contributed by atoms with E-state index in [1.165, 1.54) is 0 Å². The Hall–Kier alpha value is -2.15. The molecule has 0 aliphatic heterocycles. The molecule has 2 aromatic carbocycles. The van der Waals surface area contributed by atoms with E-state index in [2.05, 4.69) is 45.1 Å². The summed E-state index contributed by atoms with van der Waals surface area (Å²) in [5, 5.41) is 7.29. The second-order valence-electron chi connectivity index (χ2n) is 5.83. The summed E-state index contributed by atoms with van der Waals surface area (Å²) < 4.78 is 1.14. The number of pyridine rings is 1. The summed E-state index contributed by atoms with van der Waals surface area (Å²) in [6.45, 7) is 4.34. The number of carbonyl (C=O) groups is 1. The summed E-state index contributed by atoms with van der Waals surface area (Å²) in [4.78, 5) is 17.0. The predicted octanol–water partition coefficient (Wildman–Crippen LogP) is 4.76. The maximum Gasteiger partial charge on any atom is 0.243 e. The maximum absolute atomic E-state index is 12.3. The van der Waals surface area contributed by atoms with Crippen molar-refractivity contribution in [1.82, 2.24) is 4.98 Å². The van der Waals surface area contributed by atoms with E-state index in [1.807, 2.05) is 55.5 Å². The first kappa shape index (κ1) is 17.7. The second-order valence-corrected chi connectivity index (χ2v) is 7.08. The number of nitrogens with one attached hydrogen (secondary N) is 2. The van der Waals surface area contributed by atoms with E-state index in [9.17, 15) is 4.79 Å². The van der Waals surface area contributed by atoms with Gasteiger partial charge in [-0.1, -0.05) is 25.1 Å². The Bertz CT molecular complexity index is 907. The van der Waals surface area contributed by atoms with E-state index in [4.69, 9.17) is 0 Å². The average Bonchev–Trinajstić information content (AvgIpc) is 2.61. The standard InChI is InChI=1S/C20H20IN3O/c1-3-16-13(2)23-18-7-5-4-6-17(18)20(16)22-12-19(25)24-15-10-8-14(21)9-11-15/h4-11H,3,12H2,1-2H3,(H,22,23)(H,24,25). The zero-order chi connectivity index (χ0) is 17.8. The van der Waals surface area contributed by atoms with Gasteiger partial charge in [0.25, 0.3) is 0 Å². The number of carbonyl (C=O) groups excluding carboxylic acids is 1. The van der Waals surface area contributed by atoms with E-state index in [0.29, 0.717) is 0 Å². The molecule has 0 atom stereocenters. The van der Waals surface area contributed by atoms with Gasteiger partial charge in [-0.15, -0.1) is 0 Å². The number of para-hydroxylation sites is 1. The van der Waals surface area contributed by atoms with Gasteiger partial charge in [-0.05, 0) is 71.8 Å². The molecule has 0 bridgehead atoms. The number of halogens is 1. The number of anilines is 2. The van der Waals surface area contributed by atoms with E-state index >= 15 is 0 Å². The van der Waals surface area contributed by atoms with Crippen LogP contribution in [0.5, 0.6) is 0 Å². The van der Waals surface area contributed by atoms with Gasteiger partial charge in [0.05, 0.1) is 12.1 Å². The number of rotatable bonds is 5. The minimum atomic E-state index is -0.0678. The molecular weight excluding hydrogens is 425 g/mol. The molecule has 0 unspecified atom stereocenters. The van der Waals surface area contributed by atoms with Crippen molar-refractivity contribution >= 4 is 50.8 Å². The minimum Gasteiger partial charge on any atom is -0.375 e. The molecule has 2 N–H and O–H groups in total. The first-order valence-electron chi connectivity index (χ1n) is 8.26. The van der Waals surface area contributed by atoms with Crippen molar-refractivity contribution in [2.75, 3.05) is 17.2 Å². The van der Waals surface area contributed by atoms with E-state index in [1.54, 1.807) is 0 Å². The van der Waals surface area contributed by atoms with Crippen LogP contribution in [0, 0.1) is 10.5 Å². The topological polar surface area (TPSA) is 54.0 Å². The lowest BCUT2D eigenvalue weighted by atomic mass is 10.0. The molecule has 0 aliphatic carbocycles. The number of fused-ring (bicyclic) bond motifs is 1. The second kappa shape index (κ2) is 7.82. The Balaban J connectivity index is 1.80. The number of aromatic nitrogens is 1.